The number of urea groups is 1. The van der Waals surface area contributed by atoms with Gasteiger partial charge in [-0.2, -0.15) is 0 Å². The van der Waals surface area contributed by atoms with Gasteiger partial charge in [0.1, 0.15) is 12.1 Å². The van der Waals surface area contributed by atoms with Crippen molar-refractivity contribution in [3.05, 3.63) is 126 Å². The fourth-order valence-electron chi connectivity index (χ4n) is 8.16. The number of pyridine rings is 1. The van der Waals surface area contributed by atoms with Crippen molar-refractivity contribution in [2.45, 2.75) is 111 Å². The molecule has 17 heteroatoms. The van der Waals surface area contributed by atoms with E-state index >= 15 is 0 Å². The van der Waals surface area contributed by atoms with Gasteiger partial charge in [-0.1, -0.05) is 133 Å². The molecule has 4 aromatic rings. The van der Waals surface area contributed by atoms with E-state index in [1.54, 1.807) is 36.8 Å². The number of aromatic nitrogens is 1. The van der Waals surface area contributed by atoms with Crippen LogP contribution in [-0.2, 0) is 42.8 Å². The molecular weight excluding hydrogens is 852 g/mol. The molecule has 0 spiro atoms. The number of carbonyl (C=O) groups is 4. The van der Waals surface area contributed by atoms with Crippen molar-refractivity contribution in [3.63, 3.8) is 0 Å². The van der Waals surface area contributed by atoms with Crippen molar-refractivity contribution in [3.8, 4) is 11.3 Å². The summed E-state index contributed by atoms with van der Waals surface area (Å²) in [5, 5.41) is 18.3. The van der Waals surface area contributed by atoms with Crippen LogP contribution in [0.4, 0.5) is 9.59 Å². The number of phosphoric ester groups is 1. The first-order valence-electron chi connectivity index (χ1n) is 21.7. The largest absolute Gasteiger partial charge is 0.471 e. The van der Waals surface area contributed by atoms with E-state index in [1.807, 2.05) is 124 Å². The summed E-state index contributed by atoms with van der Waals surface area (Å²) in [7, 11) is -5.08. The van der Waals surface area contributed by atoms with Gasteiger partial charge in [0, 0.05) is 37.4 Å². The van der Waals surface area contributed by atoms with Gasteiger partial charge in [-0.25, -0.2) is 14.2 Å². The Morgan fingerprint density at radius 1 is 0.754 bits per heavy atom. The fourth-order valence-corrected chi connectivity index (χ4v) is 8.60. The van der Waals surface area contributed by atoms with Crippen LogP contribution in [0.5, 0.6) is 0 Å². The van der Waals surface area contributed by atoms with Crippen molar-refractivity contribution in [2.24, 2.45) is 10.8 Å². The zero-order valence-electron chi connectivity index (χ0n) is 38.1. The molecule has 1 unspecified atom stereocenters. The SMILES string of the molecule is CC(O[C@@H](C[C@H](Cc1ccc(-c2ccccn2)cc1)NC(=O)[C@@H](NC(=O)O)C(C)(C)C)[C@H](Cc1ccccc1)NC(=O)[C@@H](N1CCN(Cc2ccccc2)C1=O)C(C)(C)C)OP(=O)(O)O. The molecule has 1 aliphatic heterocycles. The summed E-state index contributed by atoms with van der Waals surface area (Å²) in [5.74, 6) is -1.09. The molecule has 0 radical (unpaired) electrons. The molecule has 350 valence electrons. The summed E-state index contributed by atoms with van der Waals surface area (Å²) in [6.07, 6.45) is -2.00. The first-order chi connectivity index (χ1) is 30.6. The maximum absolute atomic E-state index is 14.9. The van der Waals surface area contributed by atoms with E-state index in [2.05, 4.69) is 20.9 Å². The van der Waals surface area contributed by atoms with Crippen molar-refractivity contribution in [2.75, 3.05) is 13.1 Å². The van der Waals surface area contributed by atoms with Crippen LogP contribution in [0.1, 0.15) is 71.6 Å². The third-order valence-electron chi connectivity index (χ3n) is 11.1. The van der Waals surface area contributed by atoms with Gasteiger partial charge in [-0.15, -0.1) is 0 Å². The van der Waals surface area contributed by atoms with Gasteiger partial charge in [-0.3, -0.25) is 19.1 Å². The highest BCUT2D eigenvalue weighted by Gasteiger charge is 2.45. The monoisotopic (exact) mass is 914 g/mol. The lowest BCUT2D eigenvalue weighted by Gasteiger charge is -2.39. The van der Waals surface area contributed by atoms with Gasteiger partial charge in [0.15, 0.2) is 6.29 Å². The number of hydrogen-bond acceptors (Lipinski definition) is 8. The summed E-state index contributed by atoms with van der Waals surface area (Å²) in [5.41, 5.74) is 2.53. The minimum Gasteiger partial charge on any atom is -0.465 e. The van der Waals surface area contributed by atoms with Gasteiger partial charge >= 0.3 is 19.9 Å². The predicted molar refractivity (Wildman–Crippen MR) is 246 cm³/mol. The highest BCUT2D eigenvalue weighted by molar-refractivity contribution is 7.46. The van der Waals surface area contributed by atoms with Crippen molar-refractivity contribution < 1.29 is 47.9 Å². The van der Waals surface area contributed by atoms with Crippen LogP contribution in [0, 0.1) is 10.8 Å². The molecule has 3 aromatic carbocycles. The maximum atomic E-state index is 14.9. The number of carbonyl (C=O) groups excluding carboxylic acids is 3. The van der Waals surface area contributed by atoms with E-state index in [1.165, 1.54) is 6.92 Å². The van der Waals surface area contributed by atoms with Gasteiger partial charge in [0.2, 0.25) is 11.8 Å². The second-order valence-corrected chi connectivity index (χ2v) is 19.8. The molecule has 5 amide bonds. The Bertz CT molecular complexity index is 2230. The van der Waals surface area contributed by atoms with E-state index in [-0.39, 0.29) is 25.3 Å². The van der Waals surface area contributed by atoms with E-state index in [4.69, 9.17) is 9.26 Å². The standard InChI is InChI=1S/C48H63N6O10P/c1-32(64-65(60,61)62)63-40(30-37(50-43(55)41(47(2,3)4)52-45(57)58)28-34-21-23-36(24-22-34)38-20-14-15-25-49-38)39(29-33-16-10-8-11-17-33)51-44(56)42(48(5,6)7)54-27-26-53(46(54)59)31-35-18-12-9-13-19-35/h8-25,32,37,39-42,52H,26-31H2,1-7H3,(H,50,55)(H,51,56)(H,57,58)(H2,60,61,62)/t32?,37-,39-,40-,41+,42+/m0/s1. The number of nitrogens with one attached hydrogen (secondary N) is 3. The number of phosphoric acid groups is 1. The molecule has 0 saturated carbocycles. The van der Waals surface area contributed by atoms with Crippen molar-refractivity contribution in [1.29, 1.82) is 0 Å². The Morgan fingerprint density at radius 2 is 1.35 bits per heavy atom. The molecule has 0 bridgehead atoms. The number of ether oxygens (including phenoxy) is 1. The molecule has 6 atom stereocenters. The van der Waals surface area contributed by atoms with Crippen LogP contribution in [0.25, 0.3) is 11.3 Å². The first kappa shape index (κ1) is 50.4. The average Bonchev–Trinajstić information content (AvgIpc) is 3.56. The van der Waals surface area contributed by atoms with E-state index in [9.17, 15) is 38.6 Å². The van der Waals surface area contributed by atoms with Gasteiger partial charge < -0.3 is 45.4 Å². The topological polar surface area (TPSA) is 220 Å². The van der Waals surface area contributed by atoms with E-state index in [0.717, 1.165) is 27.9 Å². The molecular formula is C48H63N6O10P. The van der Waals surface area contributed by atoms with Crippen LogP contribution in [-0.4, -0.2) is 103 Å². The molecule has 0 aliphatic carbocycles. The molecule has 16 nitrogen and oxygen atoms in total. The molecule has 1 saturated heterocycles. The predicted octanol–water partition coefficient (Wildman–Crippen LogP) is 6.77. The molecule has 2 heterocycles. The van der Waals surface area contributed by atoms with Crippen molar-refractivity contribution in [1.82, 2.24) is 30.7 Å². The van der Waals surface area contributed by atoms with Crippen LogP contribution < -0.4 is 16.0 Å². The van der Waals surface area contributed by atoms with Crippen LogP contribution >= 0.6 is 7.82 Å². The van der Waals surface area contributed by atoms with Gasteiger partial charge in [0.05, 0.1) is 17.8 Å². The second-order valence-electron chi connectivity index (χ2n) is 18.6. The maximum Gasteiger partial charge on any atom is 0.471 e. The highest BCUT2D eigenvalue weighted by atomic mass is 31.2. The van der Waals surface area contributed by atoms with Crippen LogP contribution in [0.3, 0.4) is 0 Å². The summed E-state index contributed by atoms with van der Waals surface area (Å²) in [6.45, 7) is 13.2. The molecule has 6 N–H and O–H groups in total. The third-order valence-corrected chi connectivity index (χ3v) is 11.7. The normalized spacial score (nSPS) is 16.2. The Hall–Kier alpha value is -5.64. The fraction of sp³-hybridized carbons (Fsp3) is 0.438. The lowest BCUT2D eigenvalue weighted by atomic mass is 9.84. The average molecular weight is 915 g/mol. The lowest BCUT2D eigenvalue weighted by Crippen LogP contribution is -2.60. The smallest absolute Gasteiger partial charge is 0.465 e. The minimum absolute atomic E-state index is 0.0576. The van der Waals surface area contributed by atoms with Crippen LogP contribution in [0.2, 0.25) is 0 Å². The molecule has 5 rings (SSSR count). The Morgan fingerprint density at radius 3 is 1.91 bits per heavy atom. The number of hydrogen-bond donors (Lipinski definition) is 6. The molecule has 1 aliphatic rings. The van der Waals surface area contributed by atoms with E-state index < -0.39 is 73.1 Å². The molecule has 65 heavy (non-hydrogen) atoms. The molecule has 1 aromatic heterocycles. The number of carboxylic acid groups (broad SMARTS) is 1. The Labute approximate surface area is 381 Å². The Kier molecular flexibility index (Phi) is 17.1. The van der Waals surface area contributed by atoms with Gasteiger partial charge in [-0.05, 0) is 65.8 Å². The summed E-state index contributed by atoms with van der Waals surface area (Å²) >= 11 is 0. The zero-order valence-corrected chi connectivity index (χ0v) is 39.0. The minimum atomic E-state index is -5.08. The second kappa shape index (κ2) is 22.0. The lowest BCUT2D eigenvalue weighted by molar-refractivity contribution is -0.143. The Balaban J connectivity index is 1.54. The van der Waals surface area contributed by atoms with Crippen molar-refractivity contribution >= 4 is 31.8 Å². The number of rotatable bonds is 20. The molecule has 1 fully saturated rings. The number of amides is 5. The number of benzene rings is 3. The van der Waals surface area contributed by atoms with Gasteiger partial charge in [0.25, 0.3) is 0 Å². The quantitative estimate of drug-likeness (QED) is 0.0402. The van der Waals surface area contributed by atoms with E-state index in [0.29, 0.717) is 19.6 Å². The summed E-state index contributed by atoms with van der Waals surface area (Å²) in [4.78, 5) is 82.5. The summed E-state index contributed by atoms with van der Waals surface area (Å²) < 4.78 is 23.5. The summed E-state index contributed by atoms with van der Waals surface area (Å²) in [6, 6.07) is 27.8. The number of nitrogens with zero attached hydrogens (tertiary/aromatic N) is 3. The highest BCUT2D eigenvalue weighted by Crippen LogP contribution is 2.38. The zero-order chi connectivity index (χ0) is 47.5. The van der Waals surface area contributed by atoms with Crippen LogP contribution in [0.15, 0.2) is 109 Å². The third kappa shape index (κ3) is 15.2. The first-order valence-corrected chi connectivity index (χ1v) is 23.2.